The summed E-state index contributed by atoms with van der Waals surface area (Å²) in [5, 5.41) is 13.1. The van der Waals surface area contributed by atoms with Crippen LogP contribution in [0.4, 0.5) is 10.1 Å². The highest BCUT2D eigenvalue weighted by atomic mass is 32.2. The van der Waals surface area contributed by atoms with Gasteiger partial charge in [0.1, 0.15) is 16.3 Å². The molecule has 0 radical (unpaired) electrons. The van der Waals surface area contributed by atoms with E-state index in [0.717, 1.165) is 6.07 Å². The molecule has 0 fully saturated rings. The second kappa shape index (κ2) is 5.65. The van der Waals surface area contributed by atoms with Crippen LogP contribution in [-0.4, -0.2) is 29.3 Å². The van der Waals surface area contributed by atoms with Crippen LogP contribution in [0.3, 0.4) is 0 Å². The molecule has 0 saturated heterocycles. The van der Waals surface area contributed by atoms with Gasteiger partial charge in [0.2, 0.25) is 0 Å². The van der Waals surface area contributed by atoms with E-state index in [4.69, 9.17) is 5.11 Å². The van der Waals surface area contributed by atoms with Gasteiger partial charge in [-0.15, -0.1) is 0 Å². The number of rotatable bonds is 4. The molecule has 0 bridgehead atoms. The Morgan fingerprint density at radius 1 is 1.30 bits per heavy atom. The second-order valence-corrected chi connectivity index (χ2v) is 6.82. The van der Waals surface area contributed by atoms with Crippen molar-refractivity contribution in [2.75, 3.05) is 4.72 Å². The summed E-state index contributed by atoms with van der Waals surface area (Å²) in [6, 6.07) is 2.30. The number of carboxylic acids is 1. The van der Waals surface area contributed by atoms with Crippen LogP contribution < -0.4 is 4.72 Å². The molecule has 2 N–H and O–H groups in total. The largest absolute Gasteiger partial charge is 0.478 e. The van der Waals surface area contributed by atoms with Crippen molar-refractivity contribution in [2.24, 2.45) is 7.05 Å². The number of aromatic nitrogens is 2. The summed E-state index contributed by atoms with van der Waals surface area (Å²) >= 11 is 0. The van der Waals surface area contributed by atoms with Crippen LogP contribution in [0.1, 0.15) is 27.3 Å². The number of carbonyl (C=O) groups is 1. The van der Waals surface area contributed by atoms with E-state index in [0.29, 0.717) is 11.3 Å². The number of aryl methyl sites for hydroxylation is 3. The van der Waals surface area contributed by atoms with E-state index in [9.17, 15) is 17.6 Å². The Balaban J connectivity index is 2.60. The Morgan fingerprint density at radius 2 is 1.91 bits per heavy atom. The molecule has 0 atom stereocenters. The highest BCUT2D eigenvalue weighted by molar-refractivity contribution is 7.92. The van der Waals surface area contributed by atoms with Gasteiger partial charge >= 0.3 is 5.97 Å². The summed E-state index contributed by atoms with van der Waals surface area (Å²) in [5.41, 5.74) is 0.00311. The van der Waals surface area contributed by atoms with Gasteiger partial charge in [-0.25, -0.2) is 17.6 Å². The van der Waals surface area contributed by atoms with Gasteiger partial charge in [0.25, 0.3) is 10.0 Å². The van der Waals surface area contributed by atoms with Crippen molar-refractivity contribution in [1.82, 2.24) is 9.78 Å². The monoisotopic (exact) mass is 341 g/mol. The first-order valence-electron chi connectivity index (χ1n) is 6.61. The summed E-state index contributed by atoms with van der Waals surface area (Å²) in [6.45, 7) is 4.63. The summed E-state index contributed by atoms with van der Waals surface area (Å²) < 4.78 is 42.6. The fourth-order valence-corrected chi connectivity index (χ4v) is 3.88. The van der Waals surface area contributed by atoms with Crippen molar-refractivity contribution in [1.29, 1.82) is 0 Å². The molecule has 0 saturated carbocycles. The number of hydrogen-bond acceptors (Lipinski definition) is 4. The molecule has 1 heterocycles. The first kappa shape index (κ1) is 16.9. The Labute approximate surface area is 132 Å². The molecule has 0 aliphatic heterocycles. The second-order valence-electron chi connectivity index (χ2n) is 5.20. The number of sulfonamides is 1. The average Bonchev–Trinajstić information content (AvgIpc) is 2.61. The topological polar surface area (TPSA) is 101 Å². The van der Waals surface area contributed by atoms with Crippen LogP contribution in [-0.2, 0) is 17.1 Å². The van der Waals surface area contributed by atoms with E-state index < -0.39 is 27.4 Å². The Kier molecular flexibility index (Phi) is 4.16. The van der Waals surface area contributed by atoms with Crippen molar-refractivity contribution >= 4 is 21.7 Å². The quantitative estimate of drug-likeness (QED) is 0.885. The molecular formula is C14H16FN3O4S. The third kappa shape index (κ3) is 3.04. The van der Waals surface area contributed by atoms with Crippen molar-refractivity contribution < 1.29 is 22.7 Å². The van der Waals surface area contributed by atoms with Crippen molar-refractivity contribution in [3.05, 3.63) is 40.5 Å². The van der Waals surface area contributed by atoms with Crippen LogP contribution in [0.5, 0.6) is 0 Å². The summed E-state index contributed by atoms with van der Waals surface area (Å²) in [6.07, 6.45) is 0. The van der Waals surface area contributed by atoms with Gasteiger partial charge in [-0.05, 0) is 38.5 Å². The maximum atomic E-state index is 13.9. The number of anilines is 1. The molecule has 0 unspecified atom stereocenters. The molecule has 0 aliphatic rings. The van der Waals surface area contributed by atoms with Crippen molar-refractivity contribution in [2.45, 2.75) is 25.7 Å². The highest BCUT2D eigenvalue weighted by Gasteiger charge is 2.27. The molecule has 0 amide bonds. The molecule has 1 aromatic carbocycles. The number of benzene rings is 1. The molecule has 23 heavy (non-hydrogen) atoms. The first-order valence-corrected chi connectivity index (χ1v) is 8.09. The van der Waals surface area contributed by atoms with Gasteiger partial charge in [-0.2, -0.15) is 5.10 Å². The van der Waals surface area contributed by atoms with E-state index in [2.05, 4.69) is 9.82 Å². The fraction of sp³-hybridized carbons (Fsp3) is 0.286. The maximum Gasteiger partial charge on any atom is 0.340 e. The molecule has 9 heteroatoms. The minimum atomic E-state index is -4.11. The van der Waals surface area contributed by atoms with E-state index in [1.165, 1.54) is 24.6 Å². The molecular weight excluding hydrogens is 325 g/mol. The molecule has 0 aliphatic carbocycles. The smallest absolute Gasteiger partial charge is 0.340 e. The summed E-state index contributed by atoms with van der Waals surface area (Å²) in [7, 11) is -2.51. The van der Waals surface area contributed by atoms with Gasteiger partial charge < -0.3 is 5.11 Å². The third-order valence-corrected chi connectivity index (χ3v) is 5.02. The molecule has 1 aromatic heterocycles. The zero-order valence-electron chi connectivity index (χ0n) is 13.0. The number of hydrogen-bond donors (Lipinski definition) is 2. The minimum Gasteiger partial charge on any atom is -0.478 e. The Hall–Kier alpha value is -2.42. The third-order valence-electron chi connectivity index (χ3n) is 3.40. The zero-order valence-corrected chi connectivity index (χ0v) is 13.8. The van der Waals surface area contributed by atoms with Crippen LogP contribution in [0.25, 0.3) is 0 Å². The highest BCUT2D eigenvalue weighted by Crippen LogP contribution is 2.26. The van der Waals surface area contributed by atoms with Gasteiger partial charge in [0.15, 0.2) is 0 Å². The van der Waals surface area contributed by atoms with Crippen LogP contribution in [0.15, 0.2) is 17.0 Å². The normalized spacial score (nSPS) is 11.5. The first-order chi connectivity index (χ1) is 10.5. The van der Waals surface area contributed by atoms with Crippen LogP contribution in [0.2, 0.25) is 0 Å². The van der Waals surface area contributed by atoms with Crippen molar-refractivity contribution in [3.63, 3.8) is 0 Å². The van der Waals surface area contributed by atoms with Gasteiger partial charge in [-0.3, -0.25) is 9.40 Å². The van der Waals surface area contributed by atoms with E-state index in [1.807, 2.05) is 0 Å². The van der Waals surface area contributed by atoms with Crippen LogP contribution >= 0.6 is 0 Å². The van der Waals surface area contributed by atoms with Crippen molar-refractivity contribution in [3.8, 4) is 0 Å². The molecule has 2 rings (SSSR count). The lowest BCUT2D eigenvalue weighted by Crippen LogP contribution is -2.18. The lowest BCUT2D eigenvalue weighted by atomic mass is 10.1. The van der Waals surface area contributed by atoms with Gasteiger partial charge in [0, 0.05) is 7.05 Å². The lowest BCUT2D eigenvalue weighted by Gasteiger charge is -2.12. The fourth-order valence-electron chi connectivity index (χ4n) is 2.38. The standard InChI is InChI=1S/C14H16FN3O4S/c1-7-5-10(15)12(14(19)20)11(6-7)17-23(21,22)13-8(2)16-18(4)9(13)3/h5-6,17H,1-4H3,(H,19,20). The zero-order chi connectivity index (χ0) is 17.5. The Morgan fingerprint density at radius 3 is 2.39 bits per heavy atom. The average molecular weight is 341 g/mol. The predicted molar refractivity (Wildman–Crippen MR) is 81.6 cm³/mol. The van der Waals surface area contributed by atoms with E-state index in [-0.39, 0.29) is 16.3 Å². The summed E-state index contributed by atoms with van der Waals surface area (Å²) in [4.78, 5) is 11.2. The molecule has 2 aromatic rings. The van der Waals surface area contributed by atoms with Crippen LogP contribution in [0, 0.1) is 26.6 Å². The maximum absolute atomic E-state index is 13.9. The van der Waals surface area contributed by atoms with E-state index in [1.54, 1.807) is 14.0 Å². The number of halogens is 1. The van der Waals surface area contributed by atoms with Gasteiger partial charge in [0.05, 0.1) is 17.1 Å². The number of carboxylic acid groups (broad SMARTS) is 1. The lowest BCUT2D eigenvalue weighted by molar-refractivity contribution is 0.0693. The Bertz CT molecular complexity index is 903. The summed E-state index contributed by atoms with van der Waals surface area (Å²) in [5.74, 6) is -2.56. The predicted octanol–water partition coefficient (Wildman–Crippen LogP) is 1.98. The number of nitrogens with zero attached hydrogens (tertiary/aromatic N) is 2. The van der Waals surface area contributed by atoms with E-state index >= 15 is 0 Å². The number of aromatic carboxylic acids is 1. The molecule has 7 nitrogen and oxygen atoms in total. The SMILES string of the molecule is Cc1cc(F)c(C(=O)O)c(NS(=O)(=O)c2c(C)nn(C)c2C)c1. The minimum absolute atomic E-state index is 0.0572. The number of nitrogens with one attached hydrogen (secondary N) is 1. The molecule has 0 spiro atoms. The van der Waals surface area contributed by atoms with Gasteiger partial charge in [-0.1, -0.05) is 0 Å². The molecule has 124 valence electrons.